The van der Waals surface area contributed by atoms with E-state index in [2.05, 4.69) is 16.0 Å². The quantitative estimate of drug-likeness (QED) is 0.427. The second-order valence-electron chi connectivity index (χ2n) is 7.60. The fourth-order valence-corrected chi connectivity index (χ4v) is 3.16. The van der Waals surface area contributed by atoms with Crippen LogP contribution in [0.5, 0.6) is 5.75 Å². The van der Waals surface area contributed by atoms with Gasteiger partial charge in [0.15, 0.2) is 0 Å². The van der Waals surface area contributed by atoms with Crippen molar-refractivity contribution in [2.45, 2.75) is 19.9 Å². The molecule has 0 aliphatic carbocycles. The van der Waals surface area contributed by atoms with E-state index in [1.807, 2.05) is 30.3 Å². The van der Waals surface area contributed by atoms with Crippen LogP contribution in [0.2, 0.25) is 0 Å². The SMILES string of the molecule is COc1ccc(/C=C(\NC(C)=O)C(=O)Nc2ccc(CC(=O)NCc3ccccc3)cc2)cc1. The summed E-state index contributed by atoms with van der Waals surface area (Å²) in [6, 6.07) is 23.8. The van der Waals surface area contributed by atoms with Gasteiger partial charge in [0.1, 0.15) is 11.4 Å². The number of hydrogen-bond acceptors (Lipinski definition) is 4. The van der Waals surface area contributed by atoms with Crippen molar-refractivity contribution in [3.63, 3.8) is 0 Å². The van der Waals surface area contributed by atoms with Crippen molar-refractivity contribution >= 4 is 29.5 Å². The van der Waals surface area contributed by atoms with E-state index in [0.29, 0.717) is 18.0 Å². The highest BCUT2D eigenvalue weighted by atomic mass is 16.5. The predicted octanol–water partition coefficient (Wildman–Crippen LogP) is 3.67. The lowest BCUT2D eigenvalue weighted by atomic mass is 10.1. The Hall–Kier alpha value is -4.39. The Morgan fingerprint density at radius 3 is 2.15 bits per heavy atom. The molecule has 0 fully saturated rings. The summed E-state index contributed by atoms with van der Waals surface area (Å²) in [6.07, 6.45) is 1.82. The van der Waals surface area contributed by atoms with Gasteiger partial charge in [-0.3, -0.25) is 14.4 Å². The number of anilines is 1. The summed E-state index contributed by atoms with van der Waals surface area (Å²) in [7, 11) is 1.57. The van der Waals surface area contributed by atoms with Gasteiger partial charge in [-0.1, -0.05) is 54.6 Å². The number of ether oxygens (including phenoxy) is 1. The smallest absolute Gasteiger partial charge is 0.272 e. The van der Waals surface area contributed by atoms with Crippen LogP contribution in [0.3, 0.4) is 0 Å². The Morgan fingerprint density at radius 2 is 1.53 bits per heavy atom. The van der Waals surface area contributed by atoms with Crippen molar-refractivity contribution < 1.29 is 19.1 Å². The summed E-state index contributed by atoms with van der Waals surface area (Å²) in [5.41, 5.74) is 3.24. The number of methoxy groups -OCH3 is 1. The van der Waals surface area contributed by atoms with Crippen LogP contribution >= 0.6 is 0 Å². The van der Waals surface area contributed by atoms with E-state index in [9.17, 15) is 14.4 Å². The number of hydrogen-bond donors (Lipinski definition) is 3. The molecule has 0 aliphatic rings. The molecule has 174 valence electrons. The van der Waals surface area contributed by atoms with E-state index < -0.39 is 5.91 Å². The van der Waals surface area contributed by atoms with Crippen molar-refractivity contribution in [1.82, 2.24) is 10.6 Å². The van der Waals surface area contributed by atoms with Crippen LogP contribution < -0.4 is 20.7 Å². The van der Waals surface area contributed by atoms with Gasteiger partial charge in [0.05, 0.1) is 13.5 Å². The Morgan fingerprint density at radius 1 is 0.853 bits per heavy atom. The van der Waals surface area contributed by atoms with Crippen LogP contribution in [0, 0.1) is 0 Å². The summed E-state index contributed by atoms with van der Waals surface area (Å²) in [5.74, 6) is -0.210. The third-order valence-corrected chi connectivity index (χ3v) is 4.89. The van der Waals surface area contributed by atoms with Crippen LogP contribution in [-0.2, 0) is 27.3 Å². The van der Waals surface area contributed by atoms with Crippen LogP contribution in [0.1, 0.15) is 23.6 Å². The van der Waals surface area contributed by atoms with E-state index in [0.717, 1.165) is 16.7 Å². The minimum atomic E-state index is -0.459. The summed E-state index contributed by atoms with van der Waals surface area (Å²) in [5, 5.41) is 8.23. The highest BCUT2D eigenvalue weighted by Crippen LogP contribution is 2.15. The molecule has 7 heteroatoms. The predicted molar refractivity (Wildman–Crippen MR) is 132 cm³/mol. The number of amides is 3. The van der Waals surface area contributed by atoms with Gasteiger partial charge >= 0.3 is 0 Å². The first-order valence-corrected chi connectivity index (χ1v) is 10.8. The number of rotatable bonds is 9. The highest BCUT2D eigenvalue weighted by molar-refractivity contribution is 6.08. The van der Waals surface area contributed by atoms with Gasteiger partial charge < -0.3 is 20.7 Å². The lowest BCUT2D eigenvalue weighted by Gasteiger charge is -2.11. The zero-order valence-corrected chi connectivity index (χ0v) is 19.1. The maximum atomic E-state index is 12.8. The topological polar surface area (TPSA) is 96.5 Å². The molecule has 34 heavy (non-hydrogen) atoms. The Bertz CT molecular complexity index is 1150. The first-order valence-electron chi connectivity index (χ1n) is 10.8. The lowest BCUT2D eigenvalue weighted by molar-refractivity contribution is -0.121. The molecular weight excluding hydrogens is 430 g/mol. The molecule has 3 amide bonds. The Kier molecular flexibility index (Phi) is 8.57. The molecule has 0 unspecified atom stereocenters. The third-order valence-electron chi connectivity index (χ3n) is 4.89. The molecule has 0 atom stereocenters. The van der Waals surface area contributed by atoms with Crippen LogP contribution in [-0.4, -0.2) is 24.8 Å². The van der Waals surface area contributed by atoms with E-state index in [1.165, 1.54) is 6.92 Å². The molecule has 0 spiro atoms. The monoisotopic (exact) mass is 457 g/mol. The fourth-order valence-electron chi connectivity index (χ4n) is 3.16. The van der Waals surface area contributed by atoms with E-state index in [4.69, 9.17) is 4.74 Å². The molecule has 3 N–H and O–H groups in total. The lowest BCUT2D eigenvalue weighted by Crippen LogP contribution is -2.29. The number of nitrogens with one attached hydrogen (secondary N) is 3. The highest BCUT2D eigenvalue weighted by Gasteiger charge is 2.12. The molecule has 0 radical (unpaired) electrons. The van der Waals surface area contributed by atoms with E-state index in [-0.39, 0.29) is 23.9 Å². The van der Waals surface area contributed by atoms with Gasteiger partial charge in [-0.2, -0.15) is 0 Å². The minimum absolute atomic E-state index is 0.0870. The zero-order valence-electron chi connectivity index (χ0n) is 19.1. The maximum absolute atomic E-state index is 12.8. The van der Waals surface area contributed by atoms with Crippen molar-refractivity contribution in [3.8, 4) is 5.75 Å². The largest absolute Gasteiger partial charge is 0.497 e. The van der Waals surface area contributed by atoms with Crippen molar-refractivity contribution in [3.05, 3.63) is 101 Å². The summed E-state index contributed by atoms with van der Waals surface area (Å²) >= 11 is 0. The van der Waals surface area contributed by atoms with Gasteiger partial charge in [0.25, 0.3) is 5.91 Å². The molecule has 3 rings (SSSR count). The Balaban J connectivity index is 1.60. The average molecular weight is 458 g/mol. The van der Waals surface area contributed by atoms with Crippen molar-refractivity contribution in [2.24, 2.45) is 0 Å². The standard InChI is InChI=1S/C27H27N3O4/c1-19(31)29-25(16-20-10-14-24(34-2)15-11-20)27(33)30-23-12-8-21(9-13-23)17-26(32)28-18-22-6-4-3-5-7-22/h3-16H,17-18H2,1-2H3,(H,28,32)(H,29,31)(H,30,33)/b25-16-. The van der Waals surface area contributed by atoms with Crippen LogP contribution in [0.4, 0.5) is 5.69 Å². The Labute approximate surface area is 198 Å². The third kappa shape index (κ3) is 7.63. The summed E-state index contributed by atoms with van der Waals surface area (Å²) in [6.45, 7) is 1.81. The van der Waals surface area contributed by atoms with E-state index in [1.54, 1.807) is 61.7 Å². The molecule has 7 nitrogen and oxygen atoms in total. The molecule has 0 aromatic heterocycles. The molecule has 3 aromatic carbocycles. The molecule has 0 saturated heterocycles. The number of benzene rings is 3. The second kappa shape index (κ2) is 12.0. The van der Waals surface area contributed by atoms with E-state index >= 15 is 0 Å². The molecule has 0 heterocycles. The summed E-state index contributed by atoms with van der Waals surface area (Å²) < 4.78 is 5.14. The molecule has 3 aromatic rings. The van der Waals surface area contributed by atoms with Gasteiger partial charge in [-0.15, -0.1) is 0 Å². The summed E-state index contributed by atoms with van der Waals surface area (Å²) in [4.78, 5) is 36.6. The zero-order chi connectivity index (χ0) is 24.3. The van der Waals surface area contributed by atoms with Crippen LogP contribution in [0.15, 0.2) is 84.6 Å². The normalized spacial score (nSPS) is 10.8. The molecule has 0 aliphatic heterocycles. The number of carbonyl (C=O) groups excluding carboxylic acids is 3. The van der Waals surface area contributed by atoms with Gasteiger partial charge in [0.2, 0.25) is 11.8 Å². The molecule has 0 bridgehead atoms. The first-order chi connectivity index (χ1) is 16.4. The first kappa shape index (κ1) is 24.3. The van der Waals surface area contributed by atoms with Gasteiger partial charge in [-0.05, 0) is 47.0 Å². The number of carbonyl (C=O) groups is 3. The minimum Gasteiger partial charge on any atom is -0.497 e. The van der Waals surface area contributed by atoms with Crippen LogP contribution in [0.25, 0.3) is 6.08 Å². The molecular formula is C27H27N3O4. The van der Waals surface area contributed by atoms with Gasteiger partial charge in [0, 0.05) is 19.2 Å². The maximum Gasteiger partial charge on any atom is 0.272 e. The molecule has 0 saturated carbocycles. The second-order valence-corrected chi connectivity index (χ2v) is 7.60. The average Bonchev–Trinajstić information content (AvgIpc) is 2.84. The van der Waals surface area contributed by atoms with Crippen molar-refractivity contribution in [1.29, 1.82) is 0 Å². The van der Waals surface area contributed by atoms with Crippen molar-refractivity contribution in [2.75, 3.05) is 12.4 Å². The fraction of sp³-hybridized carbons (Fsp3) is 0.148. The van der Waals surface area contributed by atoms with Gasteiger partial charge in [-0.25, -0.2) is 0 Å².